The van der Waals surface area contributed by atoms with Crippen LogP contribution in [0, 0.1) is 0 Å². The van der Waals surface area contributed by atoms with Gasteiger partial charge < -0.3 is 16.4 Å². The van der Waals surface area contributed by atoms with Crippen LogP contribution in [0.3, 0.4) is 0 Å². The minimum absolute atomic E-state index is 0.153. The van der Waals surface area contributed by atoms with Gasteiger partial charge in [-0.15, -0.1) is 0 Å². The Morgan fingerprint density at radius 1 is 1.31 bits per heavy atom. The van der Waals surface area contributed by atoms with Crippen molar-refractivity contribution >= 4 is 17.5 Å². The molecule has 0 heterocycles. The third-order valence-corrected chi connectivity index (χ3v) is 1.96. The van der Waals surface area contributed by atoms with Crippen molar-refractivity contribution in [2.24, 2.45) is 5.73 Å². The SMILES string of the molecule is CCNc1ccccc1C(=O)NCC(N)=O. The molecule has 5 heteroatoms. The molecule has 0 aliphatic carbocycles. The molecule has 0 spiro atoms. The van der Waals surface area contributed by atoms with E-state index in [1.165, 1.54) is 0 Å². The summed E-state index contributed by atoms with van der Waals surface area (Å²) in [5, 5.41) is 5.51. The van der Waals surface area contributed by atoms with Crippen molar-refractivity contribution in [1.29, 1.82) is 0 Å². The zero-order valence-corrected chi connectivity index (χ0v) is 9.12. The maximum absolute atomic E-state index is 11.7. The monoisotopic (exact) mass is 221 g/mol. The highest BCUT2D eigenvalue weighted by molar-refractivity contribution is 6.00. The first-order valence-electron chi connectivity index (χ1n) is 5.04. The fourth-order valence-corrected chi connectivity index (χ4v) is 1.29. The summed E-state index contributed by atoms with van der Waals surface area (Å²) < 4.78 is 0. The number of rotatable bonds is 5. The third kappa shape index (κ3) is 3.27. The molecule has 2 amide bonds. The van der Waals surface area contributed by atoms with Crippen molar-refractivity contribution in [2.75, 3.05) is 18.4 Å². The summed E-state index contributed by atoms with van der Waals surface area (Å²) in [5.74, 6) is -0.871. The minimum Gasteiger partial charge on any atom is -0.385 e. The van der Waals surface area contributed by atoms with Gasteiger partial charge in [-0.25, -0.2) is 0 Å². The van der Waals surface area contributed by atoms with Crippen molar-refractivity contribution in [1.82, 2.24) is 5.32 Å². The first-order chi connectivity index (χ1) is 7.65. The number of para-hydroxylation sites is 1. The second-order valence-electron chi connectivity index (χ2n) is 3.22. The van der Waals surface area contributed by atoms with Crippen molar-refractivity contribution in [3.8, 4) is 0 Å². The standard InChI is InChI=1S/C11H15N3O2/c1-2-13-9-6-4-3-5-8(9)11(16)14-7-10(12)15/h3-6,13H,2,7H2,1H3,(H2,12,15)(H,14,16). The second kappa shape index (κ2) is 5.75. The molecular formula is C11H15N3O2. The van der Waals surface area contributed by atoms with E-state index in [1.807, 2.05) is 19.1 Å². The van der Waals surface area contributed by atoms with Gasteiger partial charge in [-0.05, 0) is 19.1 Å². The van der Waals surface area contributed by atoms with E-state index in [4.69, 9.17) is 5.73 Å². The van der Waals surface area contributed by atoms with E-state index >= 15 is 0 Å². The maximum Gasteiger partial charge on any atom is 0.253 e. The first-order valence-corrected chi connectivity index (χ1v) is 5.04. The van der Waals surface area contributed by atoms with Crippen molar-refractivity contribution in [3.63, 3.8) is 0 Å². The zero-order chi connectivity index (χ0) is 12.0. The van der Waals surface area contributed by atoms with Crippen LogP contribution < -0.4 is 16.4 Å². The Bertz CT molecular complexity index is 391. The number of hydrogen-bond donors (Lipinski definition) is 3. The van der Waals surface area contributed by atoms with E-state index < -0.39 is 5.91 Å². The minimum atomic E-state index is -0.561. The summed E-state index contributed by atoms with van der Waals surface area (Å²) >= 11 is 0. The molecular weight excluding hydrogens is 206 g/mol. The van der Waals surface area contributed by atoms with E-state index in [2.05, 4.69) is 10.6 Å². The normalized spacial score (nSPS) is 9.56. The Morgan fingerprint density at radius 3 is 2.62 bits per heavy atom. The van der Waals surface area contributed by atoms with Crippen LogP contribution in [0.1, 0.15) is 17.3 Å². The van der Waals surface area contributed by atoms with Crippen LogP contribution >= 0.6 is 0 Å². The number of carbonyl (C=O) groups is 2. The van der Waals surface area contributed by atoms with Gasteiger partial charge in [0.25, 0.3) is 5.91 Å². The summed E-state index contributed by atoms with van der Waals surface area (Å²) in [7, 11) is 0. The number of anilines is 1. The van der Waals surface area contributed by atoms with Crippen LogP contribution in [0.4, 0.5) is 5.69 Å². The molecule has 0 aromatic heterocycles. The predicted octanol–water partition coefficient (Wildman–Crippen LogP) is 0.333. The van der Waals surface area contributed by atoms with Crippen LogP contribution in [0.5, 0.6) is 0 Å². The fraction of sp³-hybridized carbons (Fsp3) is 0.273. The Balaban J connectivity index is 2.77. The number of nitrogens with two attached hydrogens (primary N) is 1. The molecule has 0 radical (unpaired) electrons. The van der Waals surface area contributed by atoms with E-state index in [9.17, 15) is 9.59 Å². The lowest BCUT2D eigenvalue weighted by atomic mass is 10.1. The van der Waals surface area contributed by atoms with Crippen LogP contribution in [0.15, 0.2) is 24.3 Å². The Hall–Kier alpha value is -2.04. The van der Waals surface area contributed by atoms with Gasteiger partial charge in [0.1, 0.15) is 0 Å². The summed E-state index contributed by atoms with van der Waals surface area (Å²) in [5.41, 5.74) is 6.19. The van der Waals surface area contributed by atoms with Gasteiger partial charge >= 0.3 is 0 Å². The van der Waals surface area contributed by atoms with E-state index in [0.29, 0.717) is 5.56 Å². The highest BCUT2D eigenvalue weighted by Crippen LogP contribution is 2.14. The lowest BCUT2D eigenvalue weighted by molar-refractivity contribution is -0.117. The Morgan fingerprint density at radius 2 is 2.00 bits per heavy atom. The summed E-state index contributed by atoms with van der Waals surface area (Å²) in [4.78, 5) is 22.2. The smallest absolute Gasteiger partial charge is 0.253 e. The lowest BCUT2D eigenvalue weighted by Crippen LogP contribution is -2.33. The number of amides is 2. The topological polar surface area (TPSA) is 84.2 Å². The average molecular weight is 221 g/mol. The molecule has 0 unspecified atom stereocenters. The predicted molar refractivity (Wildman–Crippen MR) is 62.1 cm³/mol. The molecule has 0 saturated carbocycles. The summed E-state index contributed by atoms with van der Waals surface area (Å²) in [6, 6.07) is 7.10. The van der Waals surface area contributed by atoms with Gasteiger partial charge in [0.2, 0.25) is 5.91 Å². The fourth-order valence-electron chi connectivity index (χ4n) is 1.29. The molecule has 1 rings (SSSR count). The largest absolute Gasteiger partial charge is 0.385 e. The lowest BCUT2D eigenvalue weighted by Gasteiger charge is -2.09. The number of nitrogens with one attached hydrogen (secondary N) is 2. The molecule has 4 N–H and O–H groups in total. The highest BCUT2D eigenvalue weighted by atomic mass is 16.2. The van der Waals surface area contributed by atoms with E-state index in [1.54, 1.807) is 12.1 Å². The van der Waals surface area contributed by atoms with E-state index in [0.717, 1.165) is 12.2 Å². The molecule has 0 saturated heterocycles. The third-order valence-electron chi connectivity index (χ3n) is 1.96. The Labute approximate surface area is 94.0 Å². The molecule has 1 aromatic rings. The molecule has 1 aromatic carbocycles. The summed E-state index contributed by atoms with van der Waals surface area (Å²) in [6.07, 6.45) is 0. The molecule has 86 valence electrons. The van der Waals surface area contributed by atoms with Crippen molar-refractivity contribution in [3.05, 3.63) is 29.8 Å². The number of carbonyl (C=O) groups excluding carboxylic acids is 2. The van der Waals surface area contributed by atoms with Gasteiger partial charge in [-0.1, -0.05) is 12.1 Å². The van der Waals surface area contributed by atoms with Crippen LogP contribution in [0.2, 0.25) is 0 Å². The molecule has 0 atom stereocenters. The van der Waals surface area contributed by atoms with Crippen molar-refractivity contribution < 1.29 is 9.59 Å². The molecule has 0 aliphatic heterocycles. The number of hydrogen-bond acceptors (Lipinski definition) is 3. The van der Waals surface area contributed by atoms with Gasteiger partial charge in [-0.3, -0.25) is 9.59 Å². The first kappa shape index (κ1) is 12.0. The van der Waals surface area contributed by atoms with Crippen LogP contribution in [-0.2, 0) is 4.79 Å². The molecule has 5 nitrogen and oxygen atoms in total. The van der Waals surface area contributed by atoms with Crippen molar-refractivity contribution in [2.45, 2.75) is 6.92 Å². The van der Waals surface area contributed by atoms with Gasteiger partial charge in [-0.2, -0.15) is 0 Å². The van der Waals surface area contributed by atoms with Gasteiger partial charge in [0.15, 0.2) is 0 Å². The van der Waals surface area contributed by atoms with Crippen LogP contribution in [-0.4, -0.2) is 24.9 Å². The van der Waals surface area contributed by atoms with Crippen LogP contribution in [0.25, 0.3) is 0 Å². The number of primary amides is 1. The molecule has 16 heavy (non-hydrogen) atoms. The average Bonchev–Trinajstić information content (AvgIpc) is 2.27. The molecule has 0 bridgehead atoms. The Kier molecular flexibility index (Phi) is 4.32. The summed E-state index contributed by atoms with van der Waals surface area (Å²) in [6.45, 7) is 2.51. The zero-order valence-electron chi connectivity index (χ0n) is 9.12. The number of benzene rings is 1. The molecule has 0 aliphatic rings. The highest BCUT2D eigenvalue weighted by Gasteiger charge is 2.10. The quantitative estimate of drug-likeness (QED) is 0.670. The van der Waals surface area contributed by atoms with Gasteiger partial charge in [0.05, 0.1) is 12.1 Å². The van der Waals surface area contributed by atoms with Gasteiger partial charge in [0, 0.05) is 12.2 Å². The van der Waals surface area contributed by atoms with E-state index in [-0.39, 0.29) is 12.5 Å². The molecule has 0 fully saturated rings. The second-order valence-corrected chi connectivity index (χ2v) is 3.22. The maximum atomic E-state index is 11.7.